The van der Waals surface area contributed by atoms with E-state index in [4.69, 9.17) is 11.6 Å². The van der Waals surface area contributed by atoms with Crippen LogP contribution in [0.3, 0.4) is 0 Å². The summed E-state index contributed by atoms with van der Waals surface area (Å²) in [5.74, 6) is -1.86. The highest BCUT2D eigenvalue weighted by atomic mass is 35.5. The van der Waals surface area contributed by atoms with Crippen molar-refractivity contribution >= 4 is 17.3 Å². The Morgan fingerprint density at radius 2 is 1.70 bits per heavy atom. The van der Waals surface area contributed by atoms with Crippen LogP contribution in [-0.4, -0.2) is 11.7 Å². The van der Waals surface area contributed by atoms with Crippen LogP contribution in [0.5, 0.6) is 0 Å². The minimum absolute atomic E-state index is 0.135. The zero-order valence-electron chi connectivity index (χ0n) is 10.2. The third kappa shape index (κ3) is 3.43. The lowest BCUT2D eigenvalue weighted by Crippen LogP contribution is -2.14. The predicted octanol–water partition coefficient (Wildman–Crippen LogP) is 3.90. The summed E-state index contributed by atoms with van der Waals surface area (Å²) in [5.41, 5.74) is 0.0903. The maximum atomic E-state index is 13.4. The summed E-state index contributed by atoms with van der Waals surface area (Å²) in [6.45, 7) is -0.135. The zero-order chi connectivity index (χ0) is 14.7. The van der Waals surface area contributed by atoms with Crippen molar-refractivity contribution in [3.05, 3.63) is 64.4 Å². The third-order valence-electron chi connectivity index (χ3n) is 2.73. The van der Waals surface area contributed by atoms with Gasteiger partial charge in [-0.15, -0.1) is 0 Å². The van der Waals surface area contributed by atoms with E-state index in [0.29, 0.717) is 0 Å². The Kier molecular flexibility index (Phi) is 4.52. The first-order valence-corrected chi connectivity index (χ1v) is 6.17. The van der Waals surface area contributed by atoms with Gasteiger partial charge in [-0.1, -0.05) is 11.6 Å². The van der Waals surface area contributed by atoms with E-state index >= 15 is 0 Å². The number of aliphatic hydroxyl groups is 1. The molecule has 6 heteroatoms. The molecule has 0 spiro atoms. The fourth-order valence-electron chi connectivity index (χ4n) is 1.72. The summed E-state index contributed by atoms with van der Waals surface area (Å²) in [6.07, 6.45) is -1.29. The minimum Gasteiger partial charge on any atom is -0.386 e. The van der Waals surface area contributed by atoms with Gasteiger partial charge in [-0.3, -0.25) is 0 Å². The molecule has 2 N–H and O–H groups in total. The normalized spacial score (nSPS) is 12.2. The fraction of sp³-hybridized carbons (Fsp3) is 0.143. The van der Waals surface area contributed by atoms with Gasteiger partial charge in [0.1, 0.15) is 17.5 Å². The lowest BCUT2D eigenvalue weighted by atomic mass is 10.1. The molecule has 0 fully saturated rings. The standard InChI is InChI=1S/C14H11ClF3NO/c15-11-3-1-9(17)6-13(11)19-7-14(20)10-5-8(16)2-4-12(10)18/h1-6,14,19-20H,7H2. The van der Waals surface area contributed by atoms with Crippen LogP contribution in [0, 0.1) is 17.5 Å². The summed E-state index contributed by atoms with van der Waals surface area (Å²) in [6, 6.07) is 6.50. The lowest BCUT2D eigenvalue weighted by Gasteiger charge is -2.15. The van der Waals surface area contributed by atoms with Crippen molar-refractivity contribution < 1.29 is 18.3 Å². The molecule has 0 aromatic heterocycles. The van der Waals surface area contributed by atoms with E-state index in [1.165, 1.54) is 12.1 Å². The van der Waals surface area contributed by atoms with E-state index < -0.39 is 23.6 Å². The van der Waals surface area contributed by atoms with Gasteiger partial charge < -0.3 is 10.4 Å². The van der Waals surface area contributed by atoms with Crippen LogP contribution in [0.2, 0.25) is 5.02 Å². The number of hydrogen-bond donors (Lipinski definition) is 2. The SMILES string of the molecule is OC(CNc1cc(F)ccc1Cl)c1cc(F)ccc1F. The summed E-state index contributed by atoms with van der Waals surface area (Å²) in [4.78, 5) is 0. The van der Waals surface area contributed by atoms with Crippen molar-refractivity contribution in [2.45, 2.75) is 6.10 Å². The lowest BCUT2D eigenvalue weighted by molar-refractivity contribution is 0.186. The largest absolute Gasteiger partial charge is 0.386 e. The second kappa shape index (κ2) is 6.15. The monoisotopic (exact) mass is 301 g/mol. The number of benzene rings is 2. The van der Waals surface area contributed by atoms with Crippen LogP contribution in [0.1, 0.15) is 11.7 Å². The van der Waals surface area contributed by atoms with Crippen molar-refractivity contribution in [2.24, 2.45) is 0 Å². The van der Waals surface area contributed by atoms with Crippen LogP contribution in [-0.2, 0) is 0 Å². The second-order valence-electron chi connectivity index (χ2n) is 4.19. The first-order valence-electron chi connectivity index (χ1n) is 5.79. The van der Waals surface area contributed by atoms with Gasteiger partial charge in [0.05, 0.1) is 16.8 Å². The van der Waals surface area contributed by atoms with Gasteiger partial charge >= 0.3 is 0 Å². The Morgan fingerprint density at radius 1 is 1.05 bits per heavy atom. The summed E-state index contributed by atoms with van der Waals surface area (Å²) in [5, 5.41) is 12.8. The van der Waals surface area contributed by atoms with Gasteiger partial charge in [0, 0.05) is 12.1 Å². The van der Waals surface area contributed by atoms with E-state index in [0.717, 1.165) is 24.3 Å². The van der Waals surface area contributed by atoms with Gasteiger partial charge in [0.25, 0.3) is 0 Å². The smallest absolute Gasteiger partial charge is 0.129 e. The number of rotatable bonds is 4. The Labute approximate surface area is 118 Å². The Hall–Kier alpha value is -1.72. The fourth-order valence-corrected chi connectivity index (χ4v) is 1.90. The van der Waals surface area contributed by atoms with E-state index in [2.05, 4.69) is 5.32 Å². The van der Waals surface area contributed by atoms with Crippen LogP contribution in [0.15, 0.2) is 36.4 Å². The van der Waals surface area contributed by atoms with Gasteiger partial charge in [0.15, 0.2) is 0 Å². The molecule has 0 aliphatic heterocycles. The molecule has 2 rings (SSSR count). The van der Waals surface area contributed by atoms with Crippen molar-refractivity contribution in [3.63, 3.8) is 0 Å². The van der Waals surface area contributed by atoms with Crippen LogP contribution in [0.25, 0.3) is 0 Å². The quantitative estimate of drug-likeness (QED) is 0.897. The molecule has 0 amide bonds. The van der Waals surface area contributed by atoms with Crippen molar-refractivity contribution in [1.29, 1.82) is 0 Å². The third-order valence-corrected chi connectivity index (χ3v) is 3.06. The Bertz CT molecular complexity index is 621. The molecule has 0 aliphatic carbocycles. The molecule has 0 bridgehead atoms. The molecule has 106 valence electrons. The van der Waals surface area contributed by atoms with Gasteiger partial charge in [-0.25, -0.2) is 13.2 Å². The van der Waals surface area contributed by atoms with E-state index in [1.54, 1.807) is 0 Å². The summed E-state index contributed by atoms with van der Waals surface area (Å²) < 4.78 is 39.5. The molecular formula is C14H11ClF3NO. The Balaban J connectivity index is 2.10. The second-order valence-corrected chi connectivity index (χ2v) is 4.59. The predicted molar refractivity (Wildman–Crippen MR) is 71.2 cm³/mol. The molecule has 1 atom stereocenters. The van der Waals surface area contributed by atoms with Gasteiger partial charge in [-0.05, 0) is 36.4 Å². The minimum atomic E-state index is -1.29. The molecule has 1 unspecified atom stereocenters. The molecular weight excluding hydrogens is 291 g/mol. The maximum absolute atomic E-state index is 13.4. The molecule has 2 aromatic rings. The highest BCUT2D eigenvalue weighted by molar-refractivity contribution is 6.33. The first kappa shape index (κ1) is 14.7. The molecule has 0 aliphatic rings. The molecule has 2 nitrogen and oxygen atoms in total. The Morgan fingerprint density at radius 3 is 2.45 bits per heavy atom. The van der Waals surface area contributed by atoms with E-state index in [1.807, 2.05) is 0 Å². The maximum Gasteiger partial charge on any atom is 0.129 e. The number of aliphatic hydroxyl groups excluding tert-OH is 1. The molecule has 0 heterocycles. The van der Waals surface area contributed by atoms with Gasteiger partial charge in [-0.2, -0.15) is 0 Å². The van der Waals surface area contributed by atoms with Crippen molar-refractivity contribution in [3.8, 4) is 0 Å². The van der Waals surface area contributed by atoms with Crippen LogP contribution in [0.4, 0.5) is 18.9 Å². The molecule has 0 saturated carbocycles. The first-order chi connectivity index (χ1) is 9.47. The highest BCUT2D eigenvalue weighted by Gasteiger charge is 2.14. The molecule has 20 heavy (non-hydrogen) atoms. The average molecular weight is 302 g/mol. The van der Waals surface area contributed by atoms with E-state index in [-0.39, 0.29) is 22.8 Å². The van der Waals surface area contributed by atoms with Crippen molar-refractivity contribution in [1.82, 2.24) is 0 Å². The van der Waals surface area contributed by atoms with Crippen molar-refractivity contribution in [2.75, 3.05) is 11.9 Å². The molecule has 2 aromatic carbocycles. The van der Waals surface area contributed by atoms with Crippen LogP contribution < -0.4 is 5.32 Å². The van der Waals surface area contributed by atoms with Crippen LogP contribution >= 0.6 is 11.6 Å². The highest BCUT2D eigenvalue weighted by Crippen LogP contribution is 2.24. The number of halogens is 4. The van der Waals surface area contributed by atoms with Gasteiger partial charge in [0.2, 0.25) is 0 Å². The topological polar surface area (TPSA) is 32.3 Å². The summed E-state index contributed by atoms with van der Waals surface area (Å²) >= 11 is 5.84. The molecule has 0 saturated heterocycles. The number of nitrogens with one attached hydrogen (secondary N) is 1. The average Bonchev–Trinajstić information content (AvgIpc) is 2.42. The zero-order valence-corrected chi connectivity index (χ0v) is 11.0. The van der Waals surface area contributed by atoms with E-state index in [9.17, 15) is 18.3 Å². The summed E-state index contributed by atoms with van der Waals surface area (Å²) in [7, 11) is 0. The molecule has 0 radical (unpaired) electrons. The number of hydrogen-bond acceptors (Lipinski definition) is 2. The number of anilines is 1.